The summed E-state index contributed by atoms with van der Waals surface area (Å²) >= 11 is 1.70. The summed E-state index contributed by atoms with van der Waals surface area (Å²) in [6.45, 7) is 1.74. The molecule has 2 rings (SSSR count). The molecule has 1 radical (unpaired) electrons. The fraction of sp³-hybridized carbons (Fsp3) is 0.286. The fourth-order valence-corrected chi connectivity index (χ4v) is 1.63. The van der Waals surface area contributed by atoms with Gasteiger partial charge in [0.15, 0.2) is 0 Å². The summed E-state index contributed by atoms with van der Waals surface area (Å²) in [6, 6.07) is 4.08. The van der Waals surface area contributed by atoms with Crippen LogP contribution >= 0.6 is 11.3 Å². The van der Waals surface area contributed by atoms with Gasteiger partial charge in [-0.2, -0.15) is 0 Å². The quantitative estimate of drug-likeness (QED) is 0.656. The summed E-state index contributed by atoms with van der Waals surface area (Å²) in [5.41, 5.74) is 0. The molecule has 10 heavy (non-hydrogen) atoms. The number of thiophene rings is 1. The minimum Gasteiger partial charge on any atom is -0.350 e. The average Bonchev–Trinajstić information content (AvgIpc) is 2.59. The van der Waals surface area contributed by atoms with Crippen LogP contribution in [0.2, 0.25) is 0 Å². The van der Waals surface area contributed by atoms with Crippen molar-refractivity contribution in [3.05, 3.63) is 28.6 Å². The van der Waals surface area contributed by atoms with E-state index in [4.69, 9.17) is 4.74 Å². The lowest BCUT2D eigenvalue weighted by Gasteiger charge is -2.02. The molecule has 2 nitrogen and oxygen atoms in total. The lowest BCUT2D eigenvalue weighted by atomic mass is 10.4. The molecule has 1 fully saturated rings. The van der Waals surface area contributed by atoms with E-state index >= 15 is 0 Å². The zero-order valence-electron chi connectivity index (χ0n) is 5.46. The van der Waals surface area contributed by atoms with Gasteiger partial charge >= 0.3 is 0 Å². The van der Waals surface area contributed by atoms with Gasteiger partial charge in [0, 0.05) is 6.54 Å². The van der Waals surface area contributed by atoms with Crippen LogP contribution in [0.5, 0.6) is 0 Å². The van der Waals surface area contributed by atoms with Crippen molar-refractivity contribution in [2.75, 3.05) is 13.2 Å². The SMILES string of the molecule is c1csc([C]2NCCO2)c1. The van der Waals surface area contributed by atoms with Crippen molar-refractivity contribution in [1.29, 1.82) is 0 Å². The summed E-state index contributed by atoms with van der Waals surface area (Å²) in [7, 11) is 0. The topological polar surface area (TPSA) is 21.3 Å². The van der Waals surface area contributed by atoms with Crippen LogP contribution in [0.3, 0.4) is 0 Å². The summed E-state index contributed by atoms with van der Waals surface area (Å²) in [6.07, 6.45) is 0.940. The van der Waals surface area contributed by atoms with Crippen molar-refractivity contribution in [3.63, 3.8) is 0 Å². The van der Waals surface area contributed by atoms with Gasteiger partial charge < -0.3 is 4.74 Å². The molecule has 0 atom stereocenters. The largest absolute Gasteiger partial charge is 0.350 e. The molecule has 0 aliphatic carbocycles. The zero-order valence-corrected chi connectivity index (χ0v) is 6.28. The molecule has 1 aliphatic heterocycles. The standard InChI is InChI=1S/C7H8NOS/c1-2-6(10-5-1)7-8-3-4-9-7/h1-2,5,8H,3-4H2. The van der Waals surface area contributed by atoms with Crippen LogP contribution in [0.1, 0.15) is 4.88 Å². The molecule has 1 saturated heterocycles. The van der Waals surface area contributed by atoms with E-state index in [0.29, 0.717) is 0 Å². The van der Waals surface area contributed by atoms with Crippen molar-refractivity contribution >= 4 is 11.3 Å². The maximum absolute atomic E-state index is 5.31. The summed E-state index contributed by atoms with van der Waals surface area (Å²) in [5.74, 6) is 0. The minimum absolute atomic E-state index is 0.799. The third-order valence-corrected chi connectivity index (χ3v) is 2.25. The van der Waals surface area contributed by atoms with Gasteiger partial charge in [-0.05, 0) is 11.4 Å². The average molecular weight is 154 g/mol. The molecule has 0 bridgehead atoms. The Bertz CT molecular complexity index is 191. The lowest BCUT2D eigenvalue weighted by molar-refractivity contribution is 0.216. The molecule has 0 amide bonds. The van der Waals surface area contributed by atoms with E-state index in [-0.39, 0.29) is 0 Å². The Balaban J connectivity index is 2.12. The summed E-state index contributed by atoms with van der Waals surface area (Å²) in [5, 5.41) is 5.21. The Morgan fingerprint density at radius 2 is 2.60 bits per heavy atom. The molecule has 1 aromatic heterocycles. The number of nitrogens with one attached hydrogen (secondary N) is 1. The Labute approximate surface area is 63.8 Å². The van der Waals surface area contributed by atoms with Crippen molar-refractivity contribution < 1.29 is 4.74 Å². The third-order valence-electron chi connectivity index (χ3n) is 1.38. The van der Waals surface area contributed by atoms with E-state index in [9.17, 15) is 0 Å². The van der Waals surface area contributed by atoms with Crippen LogP contribution in [-0.4, -0.2) is 13.2 Å². The fourth-order valence-electron chi connectivity index (χ4n) is 0.935. The van der Waals surface area contributed by atoms with Gasteiger partial charge in [-0.3, -0.25) is 5.32 Å². The number of hydrogen-bond donors (Lipinski definition) is 1. The van der Waals surface area contributed by atoms with Crippen LogP contribution < -0.4 is 5.32 Å². The maximum Gasteiger partial charge on any atom is 0.203 e. The van der Waals surface area contributed by atoms with E-state index in [1.54, 1.807) is 11.3 Å². The van der Waals surface area contributed by atoms with E-state index in [1.807, 2.05) is 11.4 Å². The van der Waals surface area contributed by atoms with Gasteiger partial charge in [-0.1, -0.05) is 6.07 Å². The molecule has 2 heterocycles. The van der Waals surface area contributed by atoms with Crippen molar-refractivity contribution in [3.8, 4) is 0 Å². The Morgan fingerprint density at radius 1 is 1.60 bits per heavy atom. The van der Waals surface area contributed by atoms with Crippen LogP contribution in [-0.2, 0) is 4.74 Å². The van der Waals surface area contributed by atoms with Gasteiger partial charge in [0.1, 0.15) is 0 Å². The van der Waals surface area contributed by atoms with Gasteiger partial charge in [-0.25, -0.2) is 0 Å². The second kappa shape index (κ2) is 2.70. The molecule has 0 aromatic carbocycles. The van der Waals surface area contributed by atoms with Gasteiger partial charge in [0.05, 0.1) is 11.5 Å². The van der Waals surface area contributed by atoms with Gasteiger partial charge in [0.2, 0.25) is 6.23 Å². The first-order chi connectivity index (χ1) is 4.97. The summed E-state index contributed by atoms with van der Waals surface area (Å²) < 4.78 is 5.31. The molecule has 0 unspecified atom stereocenters. The van der Waals surface area contributed by atoms with Crippen molar-refractivity contribution in [1.82, 2.24) is 5.32 Å². The second-order valence-corrected chi connectivity index (χ2v) is 3.03. The van der Waals surface area contributed by atoms with E-state index in [2.05, 4.69) is 11.4 Å². The molecule has 0 spiro atoms. The smallest absolute Gasteiger partial charge is 0.203 e. The van der Waals surface area contributed by atoms with Crippen LogP contribution in [0.25, 0.3) is 0 Å². The first kappa shape index (κ1) is 6.34. The predicted octanol–water partition coefficient (Wildman–Crippen LogP) is 1.21. The van der Waals surface area contributed by atoms with E-state index < -0.39 is 0 Å². The zero-order chi connectivity index (χ0) is 6.81. The highest BCUT2D eigenvalue weighted by Crippen LogP contribution is 2.20. The monoisotopic (exact) mass is 154 g/mol. The van der Waals surface area contributed by atoms with E-state index in [0.717, 1.165) is 19.4 Å². The highest BCUT2D eigenvalue weighted by atomic mass is 32.1. The molecule has 0 saturated carbocycles. The number of hydrogen-bond acceptors (Lipinski definition) is 3. The van der Waals surface area contributed by atoms with Crippen molar-refractivity contribution in [2.45, 2.75) is 0 Å². The maximum atomic E-state index is 5.31. The van der Waals surface area contributed by atoms with Crippen LogP contribution in [0, 0.1) is 6.23 Å². The molecule has 53 valence electrons. The van der Waals surface area contributed by atoms with Crippen LogP contribution in [0.4, 0.5) is 0 Å². The normalized spacial score (nSPS) is 20.0. The first-order valence-electron chi connectivity index (χ1n) is 3.24. The minimum atomic E-state index is 0.799. The molecular formula is C7H8NOS. The van der Waals surface area contributed by atoms with Crippen LogP contribution in [0.15, 0.2) is 17.5 Å². The highest BCUT2D eigenvalue weighted by molar-refractivity contribution is 7.10. The molecule has 1 aromatic rings. The lowest BCUT2D eigenvalue weighted by Crippen LogP contribution is -2.13. The first-order valence-corrected chi connectivity index (χ1v) is 4.12. The Kier molecular flexibility index (Phi) is 1.71. The Morgan fingerprint density at radius 3 is 3.20 bits per heavy atom. The highest BCUT2D eigenvalue weighted by Gasteiger charge is 2.18. The van der Waals surface area contributed by atoms with Gasteiger partial charge in [-0.15, -0.1) is 11.3 Å². The molecule has 3 heteroatoms. The second-order valence-electron chi connectivity index (χ2n) is 2.08. The van der Waals surface area contributed by atoms with E-state index in [1.165, 1.54) is 4.88 Å². The van der Waals surface area contributed by atoms with Crippen molar-refractivity contribution in [2.24, 2.45) is 0 Å². The molecule has 1 aliphatic rings. The van der Waals surface area contributed by atoms with Gasteiger partial charge in [0.25, 0.3) is 0 Å². The molecular weight excluding hydrogens is 146 g/mol. The predicted molar refractivity (Wildman–Crippen MR) is 40.6 cm³/mol. The number of ether oxygens (including phenoxy) is 1. The molecule has 1 N–H and O–H groups in total. The number of rotatable bonds is 1. The third kappa shape index (κ3) is 1.08. The Hall–Kier alpha value is -0.380. The summed E-state index contributed by atoms with van der Waals surface area (Å²) in [4.78, 5) is 1.19.